The van der Waals surface area contributed by atoms with E-state index in [2.05, 4.69) is 48.7 Å². The SMILES string of the molecule is CCNc1nc(CSC(C)C)nc(C2CCCC2)c1I. The van der Waals surface area contributed by atoms with Crippen LogP contribution in [0.25, 0.3) is 0 Å². The van der Waals surface area contributed by atoms with Crippen molar-refractivity contribution < 1.29 is 0 Å². The van der Waals surface area contributed by atoms with E-state index in [0.29, 0.717) is 11.2 Å². The quantitative estimate of drug-likeness (QED) is 0.690. The zero-order chi connectivity index (χ0) is 14.5. The average molecular weight is 405 g/mol. The fourth-order valence-electron chi connectivity index (χ4n) is 2.57. The number of anilines is 1. The number of aromatic nitrogens is 2. The summed E-state index contributed by atoms with van der Waals surface area (Å²) in [7, 11) is 0. The summed E-state index contributed by atoms with van der Waals surface area (Å²) in [4.78, 5) is 9.61. The number of hydrogen-bond donors (Lipinski definition) is 1. The zero-order valence-electron chi connectivity index (χ0n) is 12.6. The topological polar surface area (TPSA) is 37.8 Å². The Labute approximate surface area is 140 Å². The molecule has 0 unspecified atom stereocenters. The van der Waals surface area contributed by atoms with Crippen LogP contribution in [0, 0.1) is 3.57 Å². The van der Waals surface area contributed by atoms with Crippen LogP contribution in [0.4, 0.5) is 5.82 Å². The summed E-state index contributed by atoms with van der Waals surface area (Å²) in [5.41, 5.74) is 1.29. The Morgan fingerprint density at radius 3 is 2.60 bits per heavy atom. The van der Waals surface area contributed by atoms with E-state index in [9.17, 15) is 0 Å². The van der Waals surface area contributed by atoms with Crippen LogP contribution in [0.1, 0.15) is 63.9 Å². The van der Waals surface area contributed by atoms with Gasteiger partial charge >= 0.3 is 0 Å². The van der Waals surface area contributed by atoms with Crippen molar-refractivity contribution in [1.82, 2.24) is 9.97 Å². The molecule has 5 heteroatoms. The first-order chi connectivity index (χ1) is 9.61. The van der Waals surface area contributed by atoms with Crippen LogP contribution >= 0.6 is 34.4 Å². The number of nitrogens with zero attached hydrogens (tertiary/aromatic N) is 2. The van der Waals surface area contributed by atoms with Crippen molar-refractivity contribution in [2.75, 3.05) is 11.9 Å². The molecule has 1 aromatic heterocycles. The van der Waals surface area contributed by atoms with Crippen molar-refractivity contribution in [3.05, 3.63) is 15.1 Å². The van der Waals surface area contributed by atoms with Crippen LogP contribution in [0.15, 0.2) is 0 Å². The number of halogens is 1. The van der Waals surface area contributed by atoms with Gasteiger partial charge in [0.25, 0.3) is 0 Å². The zero-order valence-corrected chi connectivity index (χ0v) is 15.6. The minimum absolute atomic E-state index is 0.621. The molecular formula is C15H24IN3S. The lowest BCUT2D eigenvalue weighted by molar-refractivity contribution is 0.683. The highest BCUT2D eigenvalue weighted by molar-refractivity contribution is 14.1. The van der Waals surface area contributed by atoms with Gasteiger partial charge in [0.05, 0.1) is 15.0 Å². The molecule has 1 fully saturated rings. The lowest BCUT2D eigenvalue weighted by atomic mass is 10.0. The molecule has 2 rings (SSSR count). The third kappa shape index (κ3) is 4.23. The molecule has 1 aliphatic rings. The summed E-state index contributed by atoms with van der Waals surface area (Å²) in [5.74, 6) is 3.57. The van der Waals surface area contributed by atoms with E-state index in [0.717, 1.165) is 23.9 Å². The standard InChI is InChI=1S/C15H24IN3S/c1-4-17-15-13(16)14(11-7-5-6-8-11)18-12(19-15)9-20-10(2)3/h10-11H,4-9H2,1-3H3,(H,17,18,19). The fourth-order valence-corrected chi connectivity index (χ4v) is 4.06. The Balaban J connectivity index is 2.27. The summed E-state index contributed by atoms with van der Waals surface area (Å²) < 4.78 is 1.23. The molecule has 1 aliphatic carbocycles. The molecule has 112 valence electrons. The van der Waals surface area contributed by atoms with Gasteiger partial charge in [-0.1, -0.05) is 26.7 Å². The monoisotopic (exact) mass is 405 g/mol. The van der Waals surface area contributed by atoms with Crippen LogP contribution in [0.2, 0.25) is 0 Å². The maximum Gasteiger partial charge on any atom is 0.143 e. The lowest BCUT2D eigenvalue weighted by Gasteiger charge is -2.16. The predicted molar refractivity (Wildman–Crippen MR) is 96.6 cm³/mol. The van der Waals surface area contributed by atoms with Crippen molar-refractivity contribution in [2.45, 2.75) is 63.4 Å². The average Bonchev–Trinajstić information content (AvgIpc) is 2.93. The smallest absolute Gasteiger partial charge is 0.143 e. The van der Waals surface area contributed by atoms with Crippen molar-refractivity contribution in [1.29, 1.82) is 0 Å². The Kier molecular flexibility index (Phi) is 6.39. The molecule has 1 N–H and O–H groups in total. The van der Waals surface area contributed by atoms with Crippen LogP contribution < -0.4 is 5.32 Å². The molecule has 20 heavy (non-hydrogen) atoms. The van der Waals surface area contributed by atoms with Crippen LogP contribution in [0.3, 0.4) is 0 Å². The second-order valence-corrected chi connectivity index (χ2v) is 8.20. The first-order valence-electron chi connectivity index (χ1n) is 7.53. The number of hydrogen-bond acceptors (Lipinski definition) is 4. The lowest BCUT2D eigenvalue weighted by Crippen LogP contribution is -2.11. The number of rotatable bonds is 6. The second-order valence-electron chi connectivity index (χ2n) is 5.56. The highest BCUT2D eigenvalue weighted by Crippen LogP contribution is 2.37. The Bertz CT molecular complexity index is 445. The minimum atomic E-state index is 0.621. The molecule has 1 aromatic rings. The minimum Gasteiger partial charge on any atom is -0.369 e. The molecule has 3 nitrogen and oxygen atoms in total. The van der Waals surface area contributed by atoms with Gasteiger partial charge in [-0.25, -0.2) is 9.97 Å². The first kappa shape index (κ1) is 16.3. The molecule has 0 spiro atoms. The van der Waals surface area contributed by atoms with Crippen LogP contribution in [-0.2, 0) is 5.75 Å². The highest BCUT2D eigenvalue weighted by Gasteiger charge is 2.23. The van der Waals surface area contributed by atoms with Crippen LogP contribution in [-0.4, -0.2) is 21.8 Å². The van der Waals surface area contributed by atoms with Gasteiger partial charge in [0.1, 0.15) is 11.6 Å². The summed E-state index contributed by atoms with van der Waals surface area (Å²) in [6, 6.07) is 0. The maximum absolute atomic E-state index is 4.89. The Morgan fingerprint density at radius 2 is 2.00 bits per heavy atom. The molecule has 0 radical (unpaired) electrons. The molecule has 0 saturated heterocycles. The van der Waals surface area contributed by atoms with E-state index in [-0.39, 0.29) is 0 Å². The molecule has 0 aromatic carbocycles. The molecule has 0 atom stereocenters. The third-order valence-electron chi connectivity index (χ3n) is 3.56. The molecule has 0 amide bonds. The molecular weight excluding hydrogens is 381 g/mol. The van der Waals surface area contributed by atoms with E-state index in [4.69, 9.17) is 9.97 Å². The van der Waals surface area contributed by atoms with Crippen molar-refractivity contribution in [2.24, 2.45) is 0 Å². The van der Waals surface area contributed by atoms with E-state index in [1.165, 1.54) is 34.9 Å². The summed E-state index contributed by atoms with van der Waals surface area (Å²) in [5, 5.41) is 4.02. The molecule has 0 aliphatic heterocycles. The van der Waals surface area contributed by atoms with Gasteiger partial charge in [-0.2, -0.15) is 11.8 Å². The Morgan fingerprint density at radius 1 is 1.30 bits per heavy atom. The van der Waals surface area contributed by atoms with E-state index >= 15 is 0 Å². The number of thioether (sulfide) groups is 1. The van der Waals surface area contributed by atoms with Gasteiger partial charge < -0.3 is 5.32 Å². The van der Waals surface area contributed by atoms with Gasteiger partial charge in [-0.05, 0) is 47.6 Å². The fraction of sp³-hybridized carbons (Fsp3) is 0.733. The van der Waals surface area contributed by atoms with E-state index < -0.39 is 0 Å². The normalized spacial score (nSPS) is 16.1. The van der Waals surface area contributed by atoms with E-state index in [1.807, 2.05) is 11.8 Å². The van der Waals surface area contributed by atoms with Crippen LogP contribution in [0.5, 0.6) is 0 Å². The molecule has 0 bridgehead atoms. The molecule has 1 heterocycles. The highest BCUT2D eigenvalue weighted by atomic mass is 127. The second kappa shape index (κ2) is 7.82. The largest absolute Gasteiger partial charge is 0.369 e. The van der Waals surface area contributed by atoms with Gasteiger partial charge in [-0.3, -0.25) is 0 Å². The summed E-state index contributed by atoms with van der Waals surface area (Å²) >= 11 is 4.33. The summed E-state index contributed by atoms with van der Waals surface area (Å²) in [6.45, 7) is 7.48. The van der Waals surface area contributed by atoms with E-state index in [1.54, 1.807) is 0 Å². The third-order valence-corrected chi connectivity index (χ3v) is 5.71. The first-order valence-corrected chi connectivity index (χ1v) is 9.66. The van der Waals surface area contributed by atoms with Crippen molar-refractivity contribution >= 4 is 40.2 Å². The maximum atomic E-state index is 4.89. The van der Waals surface area contributed by atoms with Gasteiger partial charge in [0.2, 0.25) is 0 Å². The van der Waals surface area contributed by atoms with Crippen molar-refractivity contribution in [3.8, 4) is 0 Å². The molecule has 1 saturated carbocycles. The van der Waals surface area contributed by atoms with Crippen molar-refractivity contribution in [3.63, 3.8) is 0 Å². The van der Waals surface area contributed by atoms with Gasteiger partial charge in [0.15, 0.2) is 0 Å². The number of nitrogens with one attached hydrogen (secondary N) is 1. The van der Waals surface area contributed by atoms with Gasteiger partial charge in [0, 0.05) is 12.5 Å². The summed E-state index contributed by atoms with van der Waals surface area (Å²) in [6.07, 6.45) is 5.26. The van der Waals surface area contributed by atoms with Gasteiger partial charge in [-0.15, -0.1) is 0 Å². The Hall–Kier alpha value is -0.0400. The predicted octanol–water partition coefficient (Wildman–Crippen LogP) is 4.81.